The largest absolute Gasteiger partial charge is 0.429 e. The average molecular weight is 553 g/mol. The molecule has 0 saturated carbocycles. The van der Waals surface area contributed by atoms with E-state index in [2.05, 4.69) is 90.8 Å². The smallest absolute Gasteiger partial charge is 0.298 e. The molecule has 1 aliphatic heterocycles. The van der Waals surface area contributed by atoms with Gasteiger partial charge in [0.1, 0.15) is 5.75 Å². The Morgan fingerprint density at radius 1 is 1.02 bits per heavy atom. The summed E-state index contributed by atoms with van der Waals surface area (Å²) in [6, 6.07) is 29.1. The van der Waals surface area contributed by atoms with Gasteiger partial charge in [0.05, 0.1) is 0 Å². The van der Waals surface area contributed by atoms with E-state index in [9.17, 15) is 4.79 Å². The van der Waals surface area contributed by atoms with Gasteiger partial charge in [0.15, 0.2) is 0 Å². The molecule has 41 heavy (non-hydrogen) atoms. The van der Waals surface area contributed by atoms with E-state index in [-0.39, 0.29) is 12.1 Å². The lowest BCUT2D eigenvalue weighted by Gasteiger charge is -2.34. The molecule has 1 fully saturated rings. The van der Waals surface area contributed by atoms with Crippen molar-refractivity contribution in [1.82, 2.24) is 10.2 Å². The van der Waals surface area contributed by atoms with Gasteiger partial charge >= 0.3 is 0 Å². The third-order valence-corrected chi connectivity index (χ3v) is 7.86. The van der Waals surface area contributed by atoms with Crippen LogP contribution >= 0.6 is 0 Å². The van der Waals surface area contributed by atoms with E-state index >= 15 is 0 Å². The fourth-order valence-corrected chi connectivity index (χ4v) is 5.65. The van der Waals surface area contributed by atoms with Crippen LogP contribution in [-0.2, 0) is 11.2 Å². The van der Waals surface area contributed by atoms with Crippen LogP contribution in [0.3, 0.4) is 0 Å². The Balaban J connectivity index is 1.34. The third-order valence-electron chi connectivity index (χ3n) is 7.86. The molecule has 0 amide bonds. The molecule has 1 heterocycles. The van der Waals surface area contributed by atoms with Crippen molar-refractivity contribution in [2.75, 3.05) is 26.2 Å². The summed E-state index contributed by atoms with van der Waals surface area (Å²) in [5, 5.41) is 3.83. The lowest BCUT2D eigenvalue weighted by Crippen LogP contribution is -2.38. The van der Waals surface area contributed by atoms with Crippen LogP contribution in [0.2, 0.25) is 0 Å². The summed E-state index contributed by atoms with van der Waals surface area (Å²) >= 11 is 0. The highest BCUT2D eigenvalue weighted by atomic mass is 16.5. The summed E-state index contributed by atoms with van der Waals surface area (Å²) < 4.78 is 5.07. The second kappa shape index (κ2) is 15.9. The summed E-state index contributed by atoms with van der Waals surface area (Å²) in [5.41, 5.74) is 12.1. The summed E-state index contributed by atoms with van der Waals surface area (Å²) in [4.78, 5) is 18.2. The van der Waals surface area contributed by atoms with Crippen LogP contribution in [0.15, 0.2) is 102 Å². The predicted octanol–water partition coefficient (Wildman–Crippen LogP) is 6.26. The van der Waals surface area contributed by atoms with Crippen molar-refractivity contribution in [2.45, 2.75) is 51.6 Å². The minimum Gasteiger partial charge on any atom is -0.429 e. The van der Waals surface area contributed by atoms with Crippen LogP contribution in [0.1, 0.15) is 61.9 Å². The molecule has 3 aromatic rings. The number of nitrogens with one attached hydrogen (secondary N) is 1. The van der Waals surface area contributed by atoms with Crippen LogP contribution in [0, 0.1) is 5.92 Å². The normalized spacial score (nSPS) is 16.7. The highest BCUT2D eigenvalue weighted by molar-refractivity contribution is 5.97. The molecule has 0 radical (unpaired) electrons. The van der Waals surface area contributed by atoms with E-state index < -0.39 is 0 Å². The number of aliphatic imine (C=N–C) groups is 1. The molecule has 1 saturated heterocycles. The highest BCUT2D eigenvalue weighted by Crippen LogP contribution is 2.26. The molecule has 0 spiro atoms. The van der Waals surface area contributed by atoms with Crippen molar-refractivity contribution in [3.8, 4) is 5.75 Å². The summed E-state index contributed by atoms with van der Waals surface area (Å²) in [6.45, 7) is 8.64. The van der Waals surface area contributed by atoms with Crippen molar-refractivity contribution in [3.05, 3.63) is 113 Å². The third kappa shape index (κ3) is 9.41. The quantitative estimate of drug-likeness (QED) is 0.182. The maximum atomic E-state index is 10.8. The molecule has 6 heteroatoms. The number of rotatable bonds is 14. The number of hydrogen-bond donors (Lipinski definition) is 2. The lowest BCUT2D eigenvalue weighted by molar-refractivity contribution is -0.120. The SMILES string of the molecule is CCN=C(/C=C(\N)Cc1ccccc1)C1CCN(CC[C@H](NC(C)c2cccc(OC=O)c2)c2ccccc2)CC1. The summed E-state index contributed by atoms with van der Waals surface area (Å²) in [5.74, 6) is 1.01. The van der Waals surface area contributed by atoms with Crippen molar-refractivity contribution in [1.29, 1.82) is 0 Å². The minimum absolute atomic E-state index is 0.0992. The van der Waals surface area contributed by atoms with Crippen molar-refractivity contribution < 1.29 is 9.53 Å². The Morgan fingerprint density at radius 2 is 1.71 bits per heavy atom. The molecule has 216 valence electrons. The van der Waals surface area contributed by atoms with E-state index in [1.165, 1.54) is 11.1 Å². The lowest BCUT2D eigenvalue weighted by atomic mass is 9.90. The van der Waals surface area contributed by atoms with Gasteiger partial charge in [0.25, 0.3) is 6.47 Å². The first-order valence-corrected chi connectivity index (χ1v) is 14.8. The van der Waals surface area contributed by atoms with Gasteiger partial charge in [-0.1, -0.05) is 72.8 Å². The van der Waals surface area contributed by atoms with Gasteiger partial charge in [-0.25, -0.2) is 0 Å². The molecule has 1 unspecified atom stereocenters. The van der Waals surface area contributed by atoms with Crippen LogP contribution < -0.4 is 15.8 Å². The average Bonchev–Trinajstić information content (AvgIpc) is 3.00. The van der Waals surface area contributed by atoms with Crippen molar-refractivity contribution in [2.24, 2.45) is 16.6 Å². The number of ether oxygens (including phenoxy) is 1. The van der Waals surface area contributed by atoms with Crippen LogP contribution in [0.5, 0.6) is 5.75 Å². The second-order valence-corrected chi connectivity index (χ2v) is 10.8. The zero-order chi connectivity index (χ0) is 28.9. The number of nitrogens with zero attached hydrogens (tertiary/aromatic N) is 2. The van der Waals surface area contributed by atoms with Gasteiger partial charge in [-0.3, -0.25) is 9.79 Å². The second-order valence-electron chi connectivity index (χ2n) is 10.8. The van der Waals surface area contributed by atoms with Gasteiger partial charge in [-0.05, 0) is 87.6 Å². The molecule has 3 aromatic carbocycles. The van der Waals surface area contributed by atoms with Gasteiger partial charge < -0.3 is 20.7 Å². The Bertz CT molecular complexity index is 1270. The first-order chi connectivity index (χ1) is 20.1. The Kier molecular flexibility index (Phi) is 11.7. The first-order valence-electron chi connectivity index (χ1n) is 14.8. The van der Waals surface area contributed by atoms with E-state index in [0.29, 0.717) is 18.1 Å². The van der Waals surface area contributed by atoms with Gasteiger partial charge in [-0.2, -0.15) is 0 Å². The summed E-state index contributed by atoms with van der Waals surface area (Å²) in [6.07, 6.45) is 6.07. The number of nitrogens with two attached hydrogens (primary N) is 1. The number of piperidine rings is 1. The molecule has 2 atom stereocenters. The Hall–Kier alpha value is -3.74. The Labute approximate surface area is 245 Å². The van der Waals surface area contributed by atoms with Crippen LogP contribution in [0.4, 0.5) is 0 Å². The topological polar surface area (TPSA) is 79.9 Å². The standard InChI is InChI=1S/C35H44N4O2/c1-3-37-35(25-32(36)23-28-11-6-4-7-12-28)30-17-20-39(21-18-30)22-19-34(29-13-8-5-9-14-29)38-27(2)31-15-10-16-33(24-31)41-26-40/h4-16,24-27,30,34,38H,3,17-23,36H2,1-2H3/b32-25-,37-35?/t27?,34-/m0/s1. The fraction of sp³-hybridized carbons (Fsp3) is 0.371. The molecule has 0 aliphatic carbocycles. The number of likely N-dealkylation sites (tertiary alicyclic amines) is 1. The van der Waals surface area contributed by atoms with Crippen molar-refractivity contribution >= 4 is 12.2 Å². The Morgan fingerprint density at radius 3 is 2.39 bits per heavy atom. The number of carbonyl (C=O) groups excluding carboxylic acids is 1. The molecule has 1 aliphatic rings. The summed E-state index contributed by atoms with van der Waals surface area (Å²) in [7, 11) is 0. The van der Waals surface area contributed by atoms with Crippen molar-refractivity contribution in [3.63, 3.8) is 0 Å². The fourth-order valence-electron chi connectivity index (χ4n) is 5.65. The first kappa shape index (κ1) is 30.2. The number of carbonyl (C=O) groups is 1. The van der Waals surface area contributed by atoms with E-state index in [4.69, 9.17) is 15.5 Å². The molecule has 0 bridgehead atoms. The molecule has 6 nitrogen and oxygen atoms in total. The molecular formula is C35H44N4O2. The number of hydrogen-bond acceptors (Lipinski definition) is 6. The predicted molar refractivity (Wildman–Crippen MR) is 168 cm³/mol. The maximum absolute atomic E-state index is 10.8. The number of allylic oxidation sites excluding steroid dienone is 2. The van der Waals surface area contributed by atoms with Crippen LogP contribution in [0.25, 0.3) is 0 Å². The minimum atomic E-state index is 0.0992. The zero-order valence-corrected chi connectivity index (χ0v) is 24.4. The molecule has 4 rings (SSSR count). The monoisotopic (exact) mass is 552 g/mol. The molecule has 0 aromatic heterocycles. The zero-order valence-electron chi connectivity index (χ0n) is 24.4. The number of benzene rings is 3. The molecule has 3 N–H and O–H groups in total. The highest BCUT2D eigenvalue weighted by Gasteiger charge is 2.24. The van der Waals surface area contributed by atoms with Gasteiger partial charge in [-0.15, -0.1) is 0 Å². The van der Waals surface area contributed by atoms with Gasteiger partial charge in [0.2, 0.25) is 0 Å². The van der Waals surface area contributed by atoms with E-state index in [0.717, 1.165) is 68.8 Å². The molecular weight excluding hydrogens is 508 g/mol. The maximum Gasteiger partial charge on any atom is 0.298 e. The van der Waals surface area contributed by atoms with E-state index in [1.807, 2.05) is 18.2 Å². The van der Waals surface area contributed by atoms with E-state index in [1.54, 1.807) is 6.07 Å². The van der Waals surface area contributed by atoms with Gasteiger partial charge in [0, 0.05) is 42.4 Å². The van der Waals surface area contributed by atoms with Crippen LogP contribution in [-0.4, -0.2) is 43.3 Å².